The molecule has 11 heteroatoms. The number of hydrogen-bond donors (Lipinski definition) is 0. The molecule has 0 aliphatic carbocycles. The largest absolute Gasteiger partial charge is 0.455 e. The van der Waals surface area contributed by atoms with Crippen LogP contribution in [0.3, 0.4) is 0 Å². The quantitative estimate of drug-likeness (QED) is 0.0504. The number of rotatable bonds is 11. The van der Waals surface area contributed by atoms with Crippen molar-refractivity contribution in [3.05, 3.63) is 87.3 Å². The van der Waals surface area contributed by atoms with Crippen molar-refractivity contribution in [2.24, 2.45) is 4.99 Å². The van der Waals surface area contributed by atoms with Gasteiger partial charge in [0.25, 0.3) is 5.91 Å². The maximum Gasteiger partial charge on any atom is 0.357 e. The minimum absolute atomic E-state index is 0.275. The Morgan fingerprint density at radius 3 is 2.60 bits per heavy atom. The fourth-order valence-electron chi connectivity index (χ4n) is 5.50. The van der Waals surface area contributed by atoms with Gasteiger partial charge in [-0.1, -0.05) is 83.9 Å². The molecule has 0 fully saturated rings. The number of nitrogens with zero attached hydrogens (tertiary/aromatic N) is 4. The summed E-state index contributed by atoms with van der Waals surface area (Å²) in [6.07, 6.45) is 2.47. The first-order chi connectivity index (χ1) is 22.3. The van der Waals surface area contributed by atoms with Crippen molar-refractivity contribution >= 4 is 69.9 Å². The zero-order valence-corrected chi connectivity index (χ0v) is 32.2. The van der Waals surface area contributed by atoms with E-state index < -0.39 is 19.6 Å². The molecule has 0 bridgehead atoms. The molecule has 4 aromatic rings. The number of aromatic nitrogens is 2. The fraction of sp³-hybridized carbons (Fsp3) is 0.444. The van der Waals surface area contributed by atoms with Gasteiger partial charge in [0.2, 0.25) is 0 Å². The molecule has 250 valence electrons. The van der Waals surface area contributed by atoms with Gasteiger partial charge in [-0.15, -0.1) is 0 Å². The number of pyridine rings is 1. The molecule has 0 saturated heterocycles. The number of benzene rings is 2. The third kappa shape index (κ3) is 9.18. The second kappa shape index (κ2) is 15.1. The number of alkyl halides is 1. The summed E-state index contributed by atoms with van der Waals surface area (Å²) in [5.74, 6) is 0.0189. The maximum absolute atomic E-state index is 13.9. The second-order valence-electron chi connectivity index (χ2n) is 14.1. The summed E-state index contributed by atoms with van der Waals surface area (Å²) in [7, 11) is -1.23. The zero-order valence-electron chi connectivity index (χ0n) is 28.3. The van der Waals surface area contributed by atoms with E-state index in [-0.39, 0.29) is 5.91 Å². The van der Waals surface area contributed by atoms with Crippen LogP contribution >= 0.6 is 33.9 Å². The van der Waals surface area contributed by atoms with E-state index in [0.717, 1.165) is 63.2 Å². The van der Waals surface area contributed by atoms with E-state index >= 15 is 0 Å². The standard InChI is InChI=1S/C36H45IN4O4SSi/c1-36(2,3)45-34(43)32-26(12-10-19-37)16-17-31(38-32)40-20-18-25-11-9-13-27(28(25)23-40)33(42)39-35-41(24-44-21-22-47(4,5)6)29-14-7-8-15-30(29)46-35/h7-9,11,13-17H,10,12,18-24H2,1-6H3. The molecule has 1 aliphatic heterocycles. The van der Waals surface area contributed by atoms with Gasteiger partial charge in [-0.05, 0) is 91.5 Å². The summed E-state index contributed by atoms with van der Waals surface area (Å²) in [6, 6.07) is 19.0. The summed E-state index contributed by atoms with van der Waals surface area (Å²) in [5, 5.41) is 0. The predicted octanol–water partition coefficient (Wildman–Crippen LogP) is 8.04. The topological polar surface area (TPSA) is 86.0 Å². The van der Waals surface area contributed by atoms with Crippen molar-refractivity contribution in [3.8, 4) is 0 Å². The molecule has 0 unspecified atom stereocenters. The smallest absolute Gasteiger partial charge is 0.357 e. The van der Waals surface area contributed by atoms with E-state index in [1.54, 1.807) is 0 Å². The molecule has 1 aliphatic rings. The molecule has 8 nitrogen and oxygen atoms in total. The Hall–Kier alpha value is -2.87. The van der Waals surface area contributed by atoms with Crippen molar-refractivity contribution in [2.75, 3.05) is 22.5 Å². The third-order valence-electron chi connectivity index (χ3n) is 7.97. The van der Waals surface area contributed by atoms with E-state index in [9.17, 15) is 9.59 Å². The third-order valence-corrected chi connectivity index (χ3v) is 11.5. The monoisotopic (exact) mass is 784 g/mol. The van der Waals surface area contributed by atoms with E-state index in [4.69, 9.17) is 14.5 Å². The number of fused-ring (bicyclic) bond motifs is 2. The molecule has 2 aromatic carbocycles. The summed E-state index contributed by atoms with van der Waals surface area (Å²) in [5.41, 5.74) is 4.31. The minimum Gasteiger partial charge on any atom is -0.455 e. The van der Waals surface area contributed by atoms with Gasteiger partial charge in [0, 0.05) is 33.3 Å². The Balaban J connectivity index is 1.44. The van der Waals surface area contributed by atoms with E-state index in [0.29, 0.717) is 41.8 Å². The highest BCUT2D eigenvalue weighted by molar-refractivity contribution is 14.1. The van der Waals surface area contributed by atoms with Crippen LogP contribution in [0.25, 0.3) is 10.2 Å². The van der Waals surface area contributed by atoms with Crippen molar-refractivity contribution in [3.63, 3.8) is 0 Å². The molecule has 5 rings (SSSR count). The summed E-state index contributed by atoms with van der Waals surface area (Å²) < 4.78 is 15.9. The van der Waals surface area contributed by atoms with Crippen LogP contribution in [0.15, 0.2) is 59.6 Å². The van der Waals surface area contributed by atoms with Gasteiger partial charge in [-0.2, -0.15) is 4.99 Å². The number of aryl methyl sites for hydroxylation is 1. The van der Waals surface area contributed by atoms with E-state index in [2.05, 4.69) is 64.3 Å². The number of carbonyl (C=O) groups excluding carboxylic acids is 2. The first-order valence-corrected chi connectivity index (χ1v) is 22.3. The Morgan fingerprint density at radius 2 is 1.85 bits per heavy atom. The van der Waals surface area contributed by atoms with Gasteiger partial charge in [-0.25, -0.2) is 9.78 Å². The SMILES string of the molecule is CC(C)(C)OC(=O)c1nc(N2CCc3cccc(C(=O)N=c4sc5ccccc5n4COCC[Si](C)(C)C)c3C2)ccc1CCCI. The Labute approximate surface area is 296 Å². The molecular weight excluding hydrogens is 739 g/mol. The van der Waals surface area contributed by atoms with Crippen LogP contribution in [0.1, 0.15) is 64.7 Å². The van der Waals surface area contributed by atoms with Gasteiger partial charge in [0.05, 0.1) is 10.2 Å². The number of thiazole rings is 1. The van der Waals surface area contributed by atoms with Crippen LogP contribution in [-0.2, 0) is 35.6 Å². The molecule has 3 heterocycles. The normalized spacial score (nSPS) is 14.0. The number of amides is 1. The van der Waals surface area contributed by atoms with Crippen LogP contribution in [0.5, 0.6) is 0 Å². The van der Waals surface area contributed by atoms with E-state index in [1.807, 2.05) is 67.8 Å². The molecular formula is C36H45IN4O4SSi. The highest BCUT2D eigenvalue weighted by Gasteiger charge is 2.26. The number of ether oxygens (including phenoxy) is 2. The van der Waals surface area contributed by atoms with Gasteiger partial charge in [-0.3, -0.25) is 9.36 Å². The molecule has 0 saturated carbocycles. The summed E-state index contributed by atoms with van der Waals surface area (Å²) in [6.45, 7) is 14.9. The molecule has 1 amide bonds. The lowest BCUT2D eigenvalue weighted by molar-refractivity contribution is 0.00614. The number of para-hydroxylation sites is 1. The molecule has 47 heavy (non-hydrogen) atoms. The second-order valence-corrected chi connectivity index (χ2v) is 21.8. The molecule has 0 N–H and O–H groups in total. The molecule has 0 spiro atoms. The van der Waals surface area contributed by atoms with Gasteiger partial charge in [0.1, 0.15) is 18.1 Å². The first-order valence-electron chi connectivity index (χ1n) is 16.2. The highest BCUT2D eigenvalue weighted by atomic mass is 127. The number of halogens is 1. The van der Waals surface area contributed by atoms with Gasteiger partial charge in [0.15, 0.2) is 10.5 Å². The Kier molecular flexibility index (Phi) is 11.4. The number of anilines is 1. The Bertz CT molecular complexity index is 1820. The molecule has 0 radical (unpaired) electrons. The summed E-state index contributed by atoms with van der Waals surface area (Å²) in [4.78, 5) is 39.5. The lowest BCUT2D eigenvalue weighted by Gasteiger charge is -2.31. The minimum atomic E-state index is -1.23. The highest BCUT2D eigenvalue weighted by Crippen LogP contribution is 2.28. The number of esters is 1. The predicted molar refractivity (Wildman–Crippen MR) is 202 cm³/mol. The summed E-state index contributed by atoms with van der Waals surface area (Å²) >= 11 is 3.85. The first kappa shape index (κ1) is 35.4. The average molecular weight is 785 g/mol. The van der Waals surface area contributed by atoms with Crippen LogP contribution in [0.4, 0.5) is 5.82 Å². The molecule has 0 atom stereocenters. The molecule has 2 aromatic heterocycles. The fourth-order valence-corrected chi connectivity index (χ4v) is 7.66. The zero-order chi connectivity index (χ0) is 33.8. The maximum atomic E-state index is 13.9. The number of hydrogen-bond acceptors (Lipinski definition) is 7. The Morgan fingerprint density at radius 1 is 1.06 bits per heavy atom. The lowest BCUT2D eigenvalue weighted by Crippen LogP contribution is -2.33. The number of carbonyl (C=O) groups is 2. The van der Waals surface area contributed by atoms with Gasteiger partial charge < -0.3 is 14.4 Å². The van der Waals surface area contributed by atoms with Crippen LogP contribution in [-0.4, -0.2) is 52.7 Å². The van der Waals surface area contributed by atoms with Crippen molar-refractivity contribution < 1.29 is 19.1 Å². The lowest BCUT2D eigenvalue weighted by atomic mass is 9.94. The van der Waals surface area contributed by atoms with Crippen molar-refractivity contribution in [1.29, 1.82) is 0 Å². The van der Waals surface area contributed by atoms with E-state index in [1.165, 1.54) is 11.3 Å². The van der Waals surface area contributed by atoms with Crippen LogP contribution < -0.4 is 9.70 Å². The van der Waals surface area contributed by atoms with Crippen molar-refractivity contribution in [2.45, 2.75) is 84.6 Å². The van der Waals surface area contributed by atoms with Gasteiger partial charge >= 0.3 is 5.97 Å². The van der Waals surface area contributed by atoms with Crippen molar-refractivity contribution in [1.82, 2.24) is 9.55 Å². The van der Waals surface area contributed by atoms with Crippen LogP contribution in [0.2, 0.25) is 25.7 Å². The van der Waals surface area contributed by atoms with Crippen LogP contribution in [0, 0.1) is 0 Å². The average Bonchev–Trinajstić information content (AvgIpc) is 3.36.